The number of aliphatic imine (C=N–C) groups is 1. The highest BCUT2D eigenvalue weighted by atomic mass is 19.1. The topological polar surface area (TPSA) is 47.9 Å². The standard InChI is InChI=1S/C15H17FN4O/c16-13-3-1-2-11-8-19(9-12(11)13)18-15-17-6-7-20(15)14(21)10-4-5-10/h1-3,10H,4-9H2,(H,17,18). The number of nitrogens with one attached hydrogen (secondary N) is 1. The molecule has 2 aliphatic heterocycles. The fourth-order valence-corrected chi connectivity index (χ4v) is 2.91. The van der Waals surface area contributed by atoms with E-state index in [9.17, 15) is 9.18 Å². The van der Waals surface area contributed by atoms with Crippen LogP contribution in [0.5, 0.6) is 0 Å². The molecule has 1 fully saturated rings. The summed E-state index contributed by atoms with van der Waals surface area (Å²) in [4.78, 5) is 18.3. The van der Waals surface area contributed by atoms with Crippen molar-refractivity contribution in [3.63, 3.8) is 0 Å². The second-order valence-corrected chi connectivity index (χ2v) is 5.81. The number of carbonyl (C=O) groups excluding carboxylic acids is 1. The Labute approximate surface area is 122 Å². The molecule has 0 saturated heterocycles. The predicted molar refractivity (Wildman–Crippen MR) is 75.5 cm³/mol. The van der Waals surface area contributed by atoms with Crippen molar-refractivity contribution in [2.24, 2.45) is 10.9 Å². The number of hydrazine groups is 1. The number of guanidine groups is 1. The van der Waals surface area contributed by atoms with Gasteiger partial charge in [-0.1, -0.05) is 12.1 Å². The van der Waals surface area contributed by atoms with Crippen LogP contribution in [0.25, 0.3) is 0 Å². The number of benzene rings is 1. The lowest BCUT2D eigenvalue weighted by molar-refractivity contribution is -0.128. The lowest BCUT2D eigenvalue weighted by Crippen LogP contribution is -2.48. The summed E-state index contributed by atoms with van der Waals surface area (Å²) in [5, 5.41) is 1.91. The van der Waals surface area contributed by atoms with Gasteiger partial charge in [0, 0.05) is 31.1 Å². The summed E-state index contributed by atoms with van der Waals surface area (Å²) in [6.45, 7) is 2.40. The smallest absolute Gasteiger partial charge is 0.232 e. The van der Waals surface area contributed by atoms with E-state index in [0.717, 1.165) is 24.0 Å². The van der Waals surface area contributed by atoms with Gasteiger partial charge in [0.25, 0.3) is 0 Å². The molecule has 0 atom stereocenters. The molecule has 0 unspecified atom stereocenters. The molecule has 2 heterocycles. The second-order valence-electron chi connectivity index (χ2n) is 5.81. The fraction of sp³-hybridized carbons (Fsp3) is 0.467. The highest BCUT2D eigenvalue weighted by Crippen LogP contribution is 2.31. The van der Waals surface area contributed by atoms with E-state index in [0.29, 0.717) is 32.1 Å². The molecule has 1 aromatic carbocycles. The largest absolute Gasteiger partial charge is 0.288 e. The molecule has 0 radical (unpaired) electrons. The van der Waals surface area contributed by atoms with Crippen LogP contribution in [0, 0.1) is 11.7 Å². The van der Waals surface area contributed by atoms with Gasteiger partial charge < -0.3 is 0 Å². The third-order valence-corrected chi connectivity index (χ3v) is 4.22. The van der Waals surface area contributed by atoms with Gasteiger partial charge >= 0.3 is 0 Å². The van der Waals surface area contributed by atoms with E-state index in [2.05, 4.69) is 10.4 Å². The molecule has 4 rings (SSSR count). The Morgan fingerprint density at radius 2 is 2.19 bits per heavy atom. The molecule has 1 aromatic rings. The number of hydrogen-bond acceptors (Lipinski definition) is 4. The Hall–Kier alpha value is -1.95. The van der Waals surface area contributed by atoms with E-state index in [-0.39, 0.29) is 17.6 Å². The minimum absolute atomic E-state index is 0.168. The summed E-state index contributed by atoms with van der Waals surface area (Å²) >= 11 is 0. The molecule has 110 valence electrons. The number of rotatable bonds is 2. The predicted octanol–water partition coefficient (Wildman–Crippen LogP) is 1.25. The van der Waals surface area contributed by atoms with Crippen LogP contribution in [0.4, 0.5) is 4.39 Å². The number of carbonyl (C=O) groups is 1. The molecule has 1 amide bonds. The highest BCUT2D eigenvalue weighted by Gasteiger charge is 2.37. The molecule has 0 spiro atoms. The highest BCUT2D eigenvalue weighted by molar-refractivity contribution is 5.99. The van der Waals surface area contributed by atoms with E-state index < -0.39 is 0 Å². The van der Waals surface area contributed by atoms with Gasteiger partial charge in [-0.2, -0.15) is 0 Å². The molecule has 21 heavy (non-hydrogen) atoms. The maximum atomic E-state index is 13.7. The third kappa shape index (κ3) is 2.29. The maximum absolute atomic E-state index is 13.7. The van der Waals surface area contributed by atoms with Gasteiger partial charge in [0.05, 0.1) is 6.54 Å². The lowest BCUT2D eigenvalue weighted by Gasteiger charge is -2.24. The molecular formula is C15H17FN4O. The molecule has 3 aliphatic rings. The summed E-state index contributed by atoms with van der Waals surface area (Å²) < 4.78 is 13.7. The maximum Gasteiger partial charge on any atom is 0.232 e. The van der Waals surface area contributed by atoms with Gasteiger partial charge in [-0.3, -0.25) is 15.1 Å². The Kier molecular flexibility index (Phi) is 2.92. The first kappa shape index (κ1) is 12.8. The number of fused-ring (bicyclic) bond motifs is 1. The monoisotopic (exact) mass is 288 g/mol. The van der Waals surface area contributed by atoms with E-state index in [1.165, 1.54) is 6.07 Å². The summed E-state index contributed by atoms with van der Waals surface area (Å²) in [5.41, 5.74) is 4.90. The Morgan fingerprint density at radius 3 is 2.95 bits per heavy atom. The van der Waals surface area contributed by atoms with Crippen molar-refractivity contribution in [1.82, 2.24) is 15.3 Å². The van der Waals surface area contributed by atoms with E-state index in [4.69, 9.17) is 0 Å². The van der Waals surface area contributed by atoms with E-state index in [1.54, 1.807) is 11.0 Å². The summed E-state index contributed by atoms with van der Waals surface area (Å²) in [6.07, 6.45) is 1.98. The van der Waals surface area contributed by atoms with Crippen LogP contribution in [0.3, 0.4) is 0 Å². The molecule has 5 nitrogen and oxygen atoms in total. The Bertz CT molecular complexity index is 626. The first-order valence-electron chi connectivity index (χ1n) is 7.36. The number of amides is 1. The average Bonchev–Trinajstić information content (AvgIpc) is 3.08. The zero-order chi connectivity index (χ0) is 14.4. The fourth-order valence-electron chi connectivity index (χ4n) is 2.91. The number of nitrogens with zero attached hydrogens (tertiary/aromatic N) is 3. The summed E-state index contributed by atoms with van der Waals surface area (Å²) in [5.74, 6) is 0.793. The van der Waals surface area contributed by atoms with Crippen molar-refractivity contribution >= 4 is 11.9 Å². The van der Waals surface area contributed by atoms with Gasteiger partial charge in [-0.25, -0.2) is 14.4 Å². The van der Waals surface area contributed by atoms with E-state index in [1.807, 2.05) is 11.1 Å². The molecule has 1 N–H and O–H groups in total. The van der Waals surface area contributed by atoms with Crippen molar-refractivity contribution in [2.45, 2.75) is 25.9 Å². The first-order valence-corrected chi connectivity index (χ1v) is 7.36. The van der Waals surface area contributed by atoms with Crippen LogP contribution in [-0.4, -0.2) is 34.9 Å². The molecule has 0 bridgehead atoms. The van der Waals surface area contributed by atoms with E-state index >= 15 is 0 Å². The van der Waals surface area contributed by atoms with Crippen LogP contribution in [-0.2, 0) is 17.9 Å². The lowest BCUT2D eigenvalue weighted by atomic mass is 10.1. The van der Waals surface area contributed by atoms with Gasteiger partial charge in [0.2, 0.25) is 11.9 Å². The minimum Gasteiger partial charge on any atom is -0.288 e. The Morgan fingerprint density at radius 1 is 1.33 bits per heavy atom. The quantitative estimate of drug-likeness (QED) is 0.891. The number of halogens is 1. The van der Waals surface area contributed by atoms with Gasteiger partial charge in [-0.05, 0) is 24.5 Å². The average molecular weight is 288 g/mol. The number of hydrogen-bond donors (Lipinski definition) is 1. The van der Waals surface area contributed by atoms with Crippen LogP contribution < -0.4 is 5.43 Å². The van der Waals surface area contributed by atoms with Gasteiger partial charge in [0.1, 0.15) is 5.82 Å². The Balaban J connectivity index is 1.45. The SMILES string of the molecule is O=C(C1CC1)N1CCN=C1NN1Cc2cccc(F)c2C1. The van der Waals surface area contributed by atoms with Crippen molar-refractivity contribution in [3.05, 3.63) is 35.1 Å². The summed E-state index contributed by atoms with van der Waals surface area (Å²) in [6, 6.07) is 5.15. The van der Waals surface area contributed by atoms with Crippen molar-refractivity contribution in [2.75, 3.05) is 13.1 Å². The molecule has 6 heteroatoms. The molecular weight excluding hydrogens is 271 g/mol. The molecule has 0 aromatic heterocycles. The zero-order valence-corrected chi connectivity index (χ0v) is 11.7. The first-order chi connectivity index (χ1) is 10.2. The van der Waals surface area contributed by atoms with Crippen LogP contribution in [0.1, 0.15) is 24.0 Å². The van der Waals surface area contributed by atoms with Crippen LogP contribution in [0.15, 0.2) is 23.2 Å². The van der Waals surface area contributed by atoms with Crippen LogP contribution >= 0.6 is 0 Å². The zero-order valence-electron chi connectivity index (χ0n) is 11.7. The summed E-state index contributed by atoms with van der Waals surface area (Å²) in [7, 11) is 0. The molecule has 1 saturated carbocycles. The van der Waals surface area contributed by atoms with Crippen molar-refractivity contribution < 1.29 is 9.18 Å². The normalized spacial score (nSPS) is 21.4. The van der Waals surface area contributed by atoms with Crippen molar-refractivity contribution in [1.29, 1.82) is 0 Å². The molecule has 1 aliphatic carbocycles. The van der Waals surface area contributed by atoms with Crippen molar-refractivity contribution in [3.8, 4) is 0 Å². The minimum atomic E-state index is -0.170. The van der Waals surface area contributed by atoms with Gasteiger partial charge in [-0.15, -0.1) is 0 Å². The third-order valence-electron chi connectivity index (χ3n) is 4.22. The van der Waals surface area contributed by atoms with Crippen LogP contribution in [0.2, 0.25) is 0 Å². The second kappa shape index (κ2) is 4.80. The van der Waals surface area contributed by atoms with Gasteiger partial charge in [0.15, 0.2) is 0 Å².